The van der Waals surface area contributed by atoms with Crippen LogP contribution in [0.2, 0.25) is 10.0 Å². The molecule has 146 valence electrons. The molecule has 1 aromatic rings. The van der Waals surface area contributed by atoms with Gasteiger partial charge < -0.3 is 30.6 Å². The molecule has 1 aromatic carbocycles. The maximum absolute atomic E-state index is 12.2. The summed E-state index contributed by atoms with van der Waals surface area (Å²) in [6.07, 6.45) is -4.80. The lowest BCUT2D eigenvalue weighted by atomic mass is 10.0. The molecule has 0 aliphatic carbocycles. The highest BCUT2D eigenvalue weighted by atomic mass is 35.5. The number of benzene rings is 1. The molecule has 2 aliphatic rings. The summed E-state index contributed by atoms with van der Waals surface area (Å²) in [5.74, 6) is -0.670. The standard InChI is InChI=1S/C15H16Cl2N4O6/c16-5-1-7-8(2-6(5)17)21(3-9(23)12(25)10(24)4-22)13-11(18-7)14(26)20-15(27)19-13/h1-2,9-12,18,22-25H,3-4H2,(H,20,26,27)/t9-,10+,11?,12-/m0/s1. The molecular formula is C15H16Cl2N4O6. The Labute approximate surface area is 163 Å². The summed E-state index contributed by atoms with van der Waals surface area (Å²) >= 11 is 12.1. The lowest BCUT2D eigenvalue weighted by Crippen LogP contribution is -2.60. The SMILES string of the molecule is O=C1N=C2C(Nc3cc(Cl)c(Cl)cc3N2C[C@H](O)[C@H](O)[C@H](O)CO)C(=O)N1. The van der Waals surface area contributed by atoms with Crippen LogP contribution < -0.4 is 15.5 Å². The molecule has 4 atom stereocenters. The zero-order valence-electron chi connectivity index (χ0n) is 13.6. The number of carbonyl (C=O) groups is 2. The molecule has 27 heavy (non-hydrogen) atoms. The molecule has 0 saturated heterocycles. The number of nitrogens with one attached hydrogen (secondary N) is 2. The van der Waals surface area contributed by atoms with Crippen LogP contribution in [-0.2, 0) is 4.79 Å². The van der Waals surface area contributed by atoms with Crippen molar-refractivity contribution in [3.63, 3.8) is 0 Å². The summed E-state index contributed by atoms with van der Waals surface area (Å²) in [4.78, 5) is 29.0. The van der Waals surface area contributed by atoms with Gasteiger partial charge in [-0.05, 0) is 12.1 Å². The third kappa shape index (κ3) is 3.72. The number of fused-ring (bicyclic) bond motifs is 2. The van der Waals surface area contributed by atoms with Gasteiger partial charge in [0.25, 0.3) is 5.91 Å². The smallest absolute Gasteiger partial charge is 0.349 e. The Morgan fingerprint density at radius 1 is 1.15 bits per heavy atom. The molecule has 0 radical (unpaired) electrons. The molecule has 6 N–H and O–H groups in total. The molecule has 10 nitrogen and oxygen atoms in total. The maximum atomic E-state index is 12.2. The van der Waals surface area contributed by atoms with Gasteiger partial charge >= 0.3 is 6.03 Å². The van der Waals surface area contributed by atoms with E-state index in [1.54, 1.807) is 0 Å². The van der Waals surface area contributed by atoms with Gasteiger partial charge in [-0.1, -0.05) is 23.2 Å². The van der Waals surface area contributed by atoms with E-state index in [9.17, 15) is 24.9 Å². The van der Waals surface area contributed by atoms with Gasteiger partial charge in [0.2, 0.25) is 0 Å². The van der Waals surface area contributed by atoms with Crippen molar-refractivity contribution in [2.75, 3.05) is 23.4 Å². The van der Waals surface area contributed by atoms with Gasteiger partial charge in [0.1, 0.15) is 24.1 Å². The maximum Gasteiger partial charge on any atom is 0.349 e. The van der Waals surface area contributed by atoms with Crippen molar-refractivity contribution >= 4 is 52.4 Å². The fourth-order valence-corrected chi connectivity index (χ4v) is 3.16. The van der Waals surface area contributed by atoms with E-state index in [4.69, 9.17) is 28.3 Å². The molecule has 0 aromatic heterocycles. The minimum atomic E-state index is -1.68. The van der Waals surface area contributed by atoms with Crippen LogP contribution >= 0.6 is 23.2 Å². The quantitative estimate of drug-likeness (QED) is 0.367. The normalized spacial score (nSPS) is 22.1. The first-order valence-electron chi connectivity index (χ1n) is 7.84. The number of aliphatic imine (C=N–C) groups is 1. The Balaban J connectivity index is 2.04. The van der Waals surface area contributed by atoms with Crippen molar-refractivity contribution in [3.8, 4) is 0 Å². The van der Waals surface area contributed by atoms with Crippen LogP contribution in [0.3, 0.4) is 0 Å². The minimum Gasteiger partial charge on any atom is -0.394 e. The number of carbonyl (C=O) groups excluding carboxylic acids is 2. The molecule has 1 unspecified atom stereocenters. The van der Waals surface area contributed by atoms with E-state index < -0.39 is 42.9 Å². The third-order valence-electron chi connectivity index (χ3n) is 4.22. The van der Waals surface area contributed by atoms with E-state index in [0.717, 1.165) is 0 Å². The molecule has 0 spiro atoms. The first-order chi connectivity index (χ1) is 12.7. The van der Waals surface area contributed by atoms with E-state index in [2.05, 4.69) is 15.6 Å². The molecule has 0 saturated carbocycles. The molecule has 2 aliphatic heterocycles. The average molecular weight is 419 g/mol. The van der Waals surface area contributed by atoms with Gasteiger partial charge in [0, 0.05) is 0 Å². The summed E-state index contributed by atoms with van der Waals surface area (Å²) in [6, 6.07) is 0.994. The highest BCUT2D eigenvalue weighted by molar-refractivity contribution is 6.42. The Kier molecular flexibility index (Phi) is 5.56. The number of β-amino-alcohol motifs (C(OH)–C–C–N with tert-alkyl or cyclic N) is 1. The number of imide groups is 1. The number of anilines is 2. The minimum absolute atomic E-state index is 0.0145. The molecule has 3 amide bonds. The van der Waals surface area contributed by atoms with E-state index in [0.29, 0.717) is 11.4 Å². The van der Waals surface area contributed by atoms with Gasteiger partial charge in [-0.15, -0.1) is 0 Å². The number of aliphatic hydroxyl groups is 4. The Morgan fingerprint density at radius 2 is 1.81 bits per heavy atom. The first-order valence-corrected chi connectivity index (χ1v) is 8.60. The first kappa shape index (κ1) is 19.8. The lowest BCUT2D eigenvalue weighted by molar-refractivity contribution is -0.119. The van der Waals surface area contributed by atoms with Crippen LogP contribution in [0.25, 0.3) is 0 Å². The molecule has 2 heterocycles. The molecule has 0 bridgehead atoms. The van der Waals surface area contributed by atoms with Crippen molar-refractivity contribution in [1.29, 1.82) is 0 Å². The lowest BCUT2D eigenvalue weighted by Gasteiger charge is -2.40. The van der Waals surface area contributed by atoms with E-state index in [1.807, 2.05) is 0 Å². The van der Waals surface area contributed by atoms with Crippen LogP contribution in [-0.4, -0.2) is 75.7 Å². The fourth-order valence-electron chi connectivity index (χ4n) is 2.84. The van der Waals surface area contributed by atoms with Gasteiger partial charge in [0.15, 0.2) is 6.04 Å². The van der Waals surface area contributed by atoms with Crippen LogP contribution in [0, 0.1) is 0 Å². The number of aliphatic hydroxyl groups excluding tert-OH is 4. The Morgan fingerprint density at radius 3 is 2.48 bits per heavy atom. The molecular weight excluding hydrogens is 403 g/mol. The van der Waals surface area contributed by atoms with Crippen LogP contribution in [0.4, 0.5) is 16.2 Å². The van der Waals surface area contributed by atoms with Crippen molar-refractivity contribution in [1.82, 2.24) is 5.32 Å². The number of hydrogen-bond acceptors (Lipinski definition) is 8. The van der Waals surface area contributed by atoms with Gasteiger partial charge in [-0.3, -0.25) is 10.1 Å². The topological polar surface area (TPSA) is 155 Å². The number of halogens is 2. The Hall–Kier alpha value is -1.95. The van der Waals surface area contributed by atoms with Gasteiger partial charge in [0.05, 0.1) is 34.6 Å². The van der Waals surface area contributed by atoms with Gasteiger partial charge in [-0.25, -0.2) is 4.79 Å². The van der Waals surface area contributed by atoms with Gasteiger partial charge in [-0.2, -0.15) is 4.99 Å². The molecule has 3 rings (SSSR count). The summed E-state index contributed by atoms with van der Waals surface area (Å²) in [5.41, 5.74) is 0.744. The van der Waals surface area contributed by atoms with Crippen LogP contribution in [0.1, 0.15) is 0 Å². The summed E-state index contributed by atoms with van der Waals surface area (Å²) in [7, 11) is 0. The van der Waals surface area contributed by atoms with Crippen molar-refractivity contribution in [2.24, 2.45) is 4.99 Å². The van der Waals surface area contributed by atoms with E-state index in [1.165, 1.54) is 17.0 Å². The monoisotopic (exact) mass is 418 g/mol. The fraction of sp³-hybridized carbons (Fsp3) is 0.400. The number of amidine groups is 1. The second-order valence-electron chi connectivity index (χ2n) is 6.04. The predicted octanol–water partition coefficient (Wildman–Crippen LogP) is -0.683. The summed E-state index contributed by atoms with van der Waals surface area (Å²) < 4.78 is 0. The van der Waals surface area contributed by atoms with E-state index >= 15 is 0 Å². The van der Waals surface area contributed by atoms with Crippen molar-refractivity contribution in [3.05, 3.63) is 22.2 Å². The highest BCUT2D eigenvalue weighted by Gasteiger charge is 2.41. The number of urea groups is 1. The Bertz CT molecular complexity index is 820. The number of amides is 3. The largest absolute Gasteiger partial charge is 0.394 e. The number of rotatable bonds is 5. The predicted molar refractivity (Wildman–Crippen MR) is 97.3 cm³/mol. The molecule has 0 fully saturated rings. The summed E-state index contributed by atoms with van der Waals surface area (Å²) in [5, 5.41) is 44.0. The molecule has 12 heteroatoms. The third-order valence-corrected chi connectivity index (χ3v) is 4.94. The number of nitrogens with zero attached hydrogens (tertiary/aromatic N) is 2. The number of hydrogen-bond donors (Lipinski definition) is 6. The zero-order valence-corrected chi connectivity index (χ0v) is 15.1. The van der Waals surface area contributed by atoms with Crippen LogP contribution in [0.15, 0.2) is 17.1 Å². The van der Waals surface area contributed by atoms with Crippen LogP contribution in [0.5, 0.6) is 0 Å². The zero-order chi connectivity index (χ0) is 19.9. The van der Waals surface area contributed by atoms with Crippen molar-refractivity contribution < 1.29 is 30.0 Å². The highest BCUT2D eigenvalue weighted by Crippen LogP contribution is 2.39. The summed E-state index contributed by atoms with van der Waals surface area (Å²) in [6.45, 7) is -1.11. The van der Waals surface area contributed by atoms with E-state index in [-0.39, 0.29) is 22.4 Å². The van der Waals surface area contributed by atoms with Crippen molar-refractivity contribution in [2.45, 2.75) is 24.4 Å². The average Bonchev–Trinajstić information content (AvgIpc) is 2.62. The second-order valence-corrected chi connectivity index (χ2v) is 6.86. The second kappa shape index (κ2) is 7.58.